The summed E-state index contributed by atoms with van der Waals surface area (Å²) in [4.78, 5) is 0. The van der Waals surface area contributed by atoms with Crippen molar-refractivity contribution in [1.82, 2.24) is 9.78 Å². The van der Waals surface area contributed by atoms with Crippen molar-refractivity contribution < 1.29 is 5.11 Å². The number of benzene rings is 1. The van der Waals surface area contributed by atoms with Crippen LogP contribution in [0.2, 0.25) is 0 Å². The Bertz CT molecular complexity index is 530. The molecule has 1 aromatic carbocycles. The fraction of sp³-hybridized carbons (Fsp3) is 0.308. The first kappa shape index (κ1) is 10.4. The van der Waals surface area contributed by atoms with Gasteiger partial charge >= 0.3 is 0 Å². The first-order valence-corrected chi connectivity index (χ1v) is 5.86. The summed E-state index contributed by atoms with van der Waals surface area (Å²) < 4.78 is 1.87. The van der Waals surface area contributed by atoms with Crippen LogP contribution in [0, 0.1) is 0 Å². The van der Waals surface area contributed by atoms with Crippen LogP contribution in [0.1, 0.15) is 23.6 Å². The molecule has 0 fully saturated rings. The summed E-state index contributed by atoms with van der Waals surface area (Å²) in [7, 11) is 0. The molecule has 0 radical (unpaired) electrons. The van der Waals surface area contributed by atoms with E-state index in [1.54, 1.807) is 12.1 Å². The first-order chi connectivity index (χ1) is 8.28. The average Bonchev–Trinajstić information content (AvgIpc) is 2.89. The smallest absolute Gasteiger partial charge is 0.115 e. The molecule has 1 aromatic heterocycles. The van der Waals surface area contributed by atoms with Crippen LogP contribution in [-0.2, 0) is 6.42 Å². The van der Waals surface area contributed by atoms with E-state index in [4.69, 9.17) is 5.73 Å². The highest BCUT2D eigenvalue weighted by Gasteiger charge is 2.25. The number of aromatic nitrogens is 2. The molecular weight excluding hydrogens is 214 g/mol. The number of phenolic OH excluding ortho intramolecular Hbond substituents is 1. The van der Waals surface area contributed by atoms with E-state index in [9.17, 15) is 5.11 Å². The number of nitrogens with two attached hydrogens (primary N) is 1. The molecule has 1 atom stereocenters. The van der Waals surface area contributed by atoms with Crippen LogP contribution in [0.4, 0.5) is 0 Å². The van der Waals surface area contributed by atoms with Gasteiger partial charge in [-0.1, -0.05) is 0 Å². The Morgan fingerprint density at radius 3 is 2.82 bits per heavy atom. The lowest BCUT2D eigenvalue weighted by molar-refractivity contribution is 0.475. The third kappa shape index (κ3) is 1.70. The first-order valence-electron chi connectivity index (χ1n) is 5.86. The van der Waals surface area contributed by atoms with Crippen LogP contribution in [0.5, 0.6) is 5.75 Å². The molecule has 1 heterocycles. The van der Waals surface area contributed by atoms with Crippen molar-refractivity contribution in [3.8, 4) is 11.4 Å². The van der Waals surface area contributed by atoms with Gasteiger partial charge in [0.05, 0.1) is 11.4 Å². The molecule has 4 heteroatoms. The summed E-state index contributed by atoms with van der Waals surface area (Å²) in [5.41, 5.74) is 9.14. The summed E-state index contributed by atoms with van der Waals surface area (Å²) in [6.45, 7) is 0.666. The maximum absolute atomic E-state index is 9.25. The van der Waals surface area contributed by atoms with Crippen molar-refractivity contribution >= 4 is 0 Å². The normalized spacial score (nSPS) is 18.3. The Balaban J connectivity index is 1.98. The van der Waals surface area contributed by atoms with E-state index in [1.165, 1.54) is 5.56 Å². The Hall–Kier alpha value is -1.81. The fourth-order valence-corrected chi connectivity index (χ4v) is 2.39. The Morgan fingerprint density at radius 1 is 1.35 bits per heavy atom. The Kier molecular flexibility index (Phi) is 2.37. The number of aryl methyl sites for hydroxylation is 1. The number of fused-ring (bicyclic) bond motifs is 1. The third-order valence-corrected chi connectivity index (χ3v) is 3.37. The van der Waals surface area contributed by atoms with Crippen LogP contribution in [0.15, 0.2) is 30.5 Å². The zero-order chi connectivity index (χ0) is 11.8. The van der Waals surface area contributed by atoms with E-state index in [0.29, 0.717) is 12.5 Å². The maximum Gasteiger partial charge on any atom is 0.115 e. The molecule has 1 aliphatic rings. The molecule has 2 aromatic rings. The van der Waals surface area contributed by atoms with Crippen LogP contribution >= 0.6 is 0 Å². The number of hydrogen-bond acceptors (Lipinski definition) is 3. The van der Waals surface area contributed by atoms with Gasteiger partial charge in [-0.25, -0.2) is 4.68 Å². The van der Waals surface area contributed by atoms with Crippen LogP contribution < -0.4 is 5.73 Å². The quantitative estimate of drug-likeness (QED) is 0.821. The Morgan fingerprint density at radius 2 is 2.12 bits per heavy atom. The van der Waals surface area contributed by atoms with Crippen LogP contribution in [0.25, 0.3) is 5.69 Å². The highest BCUT2D eigenvalue weighted by Crippen LogP contribution is 2.31. The molecule has 17 heavy (non-hydrogen) atoms. The standard InChI is InChI=1S/C13H15N3O/c14-7-9-1-2-10-8-16(15-13(9)10)11-3-5-12(17)6-4-11/h3-6,8-9,17H,1-2,7,14H2. The molecule has 0 spiro atoms. The van der Waals surface area contributed by atoms with Gasteiger partial charge < -0.3 is 10.8 Å². The van der Waals surface area contributed by atoms with Crippen molar-refractivity contribution in [2.24, 2.45) is 5.73 Å². The maximum atomic E-state index is 9.25. The van der Waals surface area contributed by atoms with E-state index in [-0.39, 0.29) is 5.75 Å². The van der Waals surface area contributed by atoms with Crippen molar-refractivity contribution in [2.75, 3.05) is 6.54 Å². The fourth-order valence-electron chi connectivity index (χ4n) is 2.39. The predicted molar refractivity (Wildman–Crippen MR) is 65.3 cm³/mol. The van der Waals surface area contributed by atoms with Gasteiger partial charge in [0.1, 0.15) is 5.75 Å². The molecule has 0 amide bonds. The second-order valence-electron chi connectivity index (χ2n) is 4.47. The molecule has 0 saturated heterocycles. The van der Waals surface area contributed by atoms with E-state index in [0.717, 1.165) is 24.2 Å². The lowest BCUT2D eigenvalue weighted by Gasteiger charge is -2.05. The lowest BCUT2D eigenvalue weighted by atomic mass is 10.1. The monoisotopic (exact) mass is 229 g/mol. The molecule has 0 saturated carbocycles. The van der Waals surface area contributed by atoms with E-state index in [2.05, 4.69) is 11.3 Å². The summed E-state index contributed by atoms with van der Waals surface area (Å²) in [5, 5.41) is 13.9. The van der Waals surface area contributed by atoms with E-state index in [1.807, 2.05) is 16.8 Å². The number of nitrogens with zero attached hydrogens (tertiary/aromatic N) is 2. The van der Waals surface area contributed by atoms with Crippen LogP contribution in [-0.4, -0.2) is 21.4 Å². The van der Waals surface area contributed by atoms with Crippen molar-refractivity contribution in [1.29, 1.82) is 0 Å². The van der Waals surface area contributed by atoms with Gasteiger partial charge in [-0.3, -0.25) is 0 Å². The molecule has 88 valence electrons. The zero-order valence-electron chi connectivity index (χ0n) is 9.50. The molecule has 4 nitrogen and oxygen atoms in total. The SMILES string of the molecule is NCC1CCc2cn(-c3ccc(O)cc3)nc21. The van der Waals surface area contributed by atoms with Gasteiger partial charge in [-0.2, -0.15) is 5.10 Å². The number of phenols is 1. The van der Waals surface area contributed by atoms with Crippen molar-refractivity contribution in [2.45, 2.75) is 18.8 Å². The van der Waals surface area contributed by atoms with Gasteiger partial charge in [0, 0.05) is 18.7 Å². The van der Waals surface area contributed by atoms with Gasteiger partial charge in [0.25, 0.3) is 0 Å². The van der Waals surface area contributed by atoms with Gasteiger partial charge in [0.2, 0.25) is 0 Å². The van der Waals surface area contributed by atoms with E-state index >= 15 is 0 Å². The summed E-state index contributed by atoms with van der Waals surface area (Å²) >= 11 is 0. The number of aromatic hydroxyl groups is 1. The molecule has 3 rings (SSSR count). The van der Waals surface area contributed by atoms with Crippen LogP contribution in [0.3, 0.4) is 0 Å². The zero-order valence-corrected chi connectivity index (χ0v) is 9.50. The van der Waals surface area contributed by atoms with Gasteiger partial charge in [0.15, 0.2) is 0 Å². The number of rotatable bonds is 2. The minimum Gasteiger partial charge on any atom is -0.508 e. The molecule has 0 aliphatic heterocycles. The second kappa shape index (κ2) is 3.89. The molecule has 1 unspecified atom stereocenters. The summed E-state index contributed by atoms with van der Waals surface area (Å²) in [5.74, 6) is 0.677. The lowest BCUT2D eigenvalue weighted by Crippen LogP contribution is -2.10. The topological polar surface area (TPSA) is 64.1 Å². The average molecular weight is 229 g/mol. The highest BCUT2D eigenvalue weighted by molar-refractivity contribution is 5.38. The predicted octanol–water partition coefficient (Wildman–Crippen LogP) is 1.57. The molecule has 0 bridgehead atoms. The summed E-state index contributed by atoms with van der Waals surface area (Å²) in [6, 6.07) is 7.05. The Labute approximate surface area is 99.7 Å². The molecule has 3 N–H and O–H groups in total. The number of hydrogen-bond donors (Lipinski definition) is 2. The van der Waals surface area contributed by atoms with Gasteiger partial charge in [-0.15, -0.1) is 0 Å². The van der Waals surface area contributed by atoms with E-state index < -0.39 is 0 Å². The van der Waals surface area contributed by atoms with Crippen molar-refractivity contribution in [3.63, 3.8) is 0 Å². The minimum atomic E-state index is 0.272. The highest BCUT2D eigenvalue weighted by atomic mass is 16.3. The largest absolute Gasteiger partial charge is 0.508 e. The minimum absolute atomic E-state index is 0.272. The second-order valence-corrected chi connectivity index (χ2v) is 4.47. The molecular formula is C13H15N3O. The molecule has 1 aliphatic carbocycles. The summed E-state index contributed by atoms with van der Waals surface area (Å²) in [6.07, 6.45) is 4.25. The van der Waals surface area contributed by atoms with Gasteiger partial charge in [-0.05, 0) is 42.7 Å². The van der Waals surface area contributed by atoms with Crippen molar-refractivity contribution in [3.05, 3.63) is 41.7 Å². The third-order valence-electron chi connectivity index (χ3n) is 3.37.